The highest BCUT2D eigenvalue weighted by atomic mass is 16.5. The minimum atomic E-state index is 0.0811. The number of Topliss-reactive ketones (excluding diaryl/α,β-unsaturated/α-hetero) is 1. The molecule has 153 valence electrons. The van der Waals surface area contributed by atoms with Gasteiger partial charge in [-0.1, -0.05) is 36.4 Å². The first-order valence-corrected chi connectivity index (χ1v) is 11.1. The second-order valence-corrected chi connectivity index (χ2v) is 8.83. The van der Waals surface area contributed by atoms with E-state index in [1.165, 1.54) is 29.2 Å². The number of fused-ring (bicyclic) bond motifs is 1. The molecule has 1 radical (unpaired) electrons. The molecule has 2 aromatic carbocycles. The van der Waals surface area contributed by atoms with Crippen molar-refractivity contribution >= 4 is 16.6 Å². The van der Waals surface area contributed by atoms with E-state index in [0.29, 0.717) is 23.2 Å². The minimum Gasteiger partial charge on any atom is -0.496 e. The van der Waals surface area contributed by atoms with E-state index in [9.17, 15) is 4.79 Å². The maximum atomic E-state index is 13.3. The zero-order valence-electron chi connectivity index (χ0n) is 17.6. The van der Waals surface area contributed by atoms with Crippen LogP contribution in [0.4, 0.5) is 0 Å². The summed E-state index contributed by atoms with van der Waals surface area (Å²) < 4.78 is 5.56. The van der Waals surface area contributed by atoms with Gasteiger partial charge >= 0.3 is 0 Å². The third-order valence-electron chi connectivity index (χ3n) is 6.91. The average molecular weight is 399 g/mol. The molecule has 1 heterocycles. The molecule has 2 saturated carbocycles. The summed E-state index contributed by atoms with van der Waals surface area (Å²) in [4.78, 5) is 17.9. The molecule has 1 aromatic heterocycles. The molecule has 0 aliphatic heterocycles. The Bertz CT molecular complexity index is 1090. The lowest BCUT2D eigenvalue weighted by Crippen LogP contribution is -2.23. The molecule has 5 rings (SSSR count). The SMILES string of the molecule is [CH2]c1ccc(C2CC2)c(C(=O)C2CCC(c3ccc(OC)c4ccccc34)CC2)n1. The molecular formula is C27H28NO2. The maximum Gasteiger partial charge on any atom is 0.184 e. The van der Waals surface area contributed by atoms with Crippen LogP contribution in [0.5, 0.6) is 5.75 Å². The van der Waals surface area contributed by atoms with E-state index in [1.54, 1.807) is 7.11 Å². The van der Waals surface area contributed by atoms with Gasteiger partial charge in [-0.3, -0.25) is 4.79 Å². The molecule has 0 saturated heterocycles. The summed E-state index contributed by atoms with van der Waals surface area (Å²) in [5.74, 6) is 2.25. The van der Waals surface area contributed by atoms with E-state index in [4.69, 9.17) is 4.74 Å². The van der Waals surface area contributed by atoms with Crippen LogP contribution in [0.15, 0.2) is 48.5 Å². The van der Waals surface area contributed by atoms with E-state index in [0.717, 1.165) is 37.0 Å². The van der Waals surface area contributed by atoms with Gasteiger partial charge < -0.3 is 4.74 Å². The normalized spacial score (nSPS) is 21.5. The fourth-order valence-electron chi connectivity index (χ4n) is 5.12. The third kappa shape index (κ3) is 3.51. The first-order chi connectivity index (χ1) is 14.7. The number of rotatable bonds is 5. The highest BCUT2D eigenvalue weighted by molar-refractivity contribution is 5.98. The molecule has 3 aromatic rings. The predicted octanol–water partition coefficient (Wildman–Crippen LogP) is 6.46. The van der Waals surface area contributed by atoms with Crippen LogP contribution in [0, 0.1) is 12.8 Å². The van der Waals surface area contributed by atoms with E-state index < -0.39 is 0 Å². The van der Waals surface area contributed by atoms with Crippen LogP contribution in [0.1, 0.15) is 77.7 Å². The van der Waals surface area contributed by atoms with Crippen LogP contribution in [0.25, 0.3) is 10.8 Å². The average Bonchev–Trinajstić information content (AvgIpc) is 3.63. The Kier molecular flexibility index (Phi) is 5.06. The first-order valence-electron chi connectivity index (χ1n) is 11.1. The monoisotopic (exact) mass is 398 g/mol. The zero-order valence-corrected chi connectivity index (χ0v) is 17.6. The van der Waals surface area contributed by atoms with Gasteiger partial charge in [0.15, 0.2) is 5.78 Å². The molecule has 2 aliphatic carbocycles. The molecule has 3 heteroatoms. The summed E-state index contributed by atoms with van der Waals surface area (Å²) in [6, 6.07) is 16.8. The highest BCUT2D eigenvalue weighted by Crippen LogP contribution is 2.44. The first kappa shape index (κ1) is 19.3. The summed E-state index contributed by atoms with van der Waals surface area (Å²) in [6.45, 7) is 3.95. The summed E-state index contributed by atoms with van der Waals surface area (Å²) in [5.41, 5.74) is 3.93. The predicted molar refractivity (Wildman–Crippen MR) is 120 cm³/mol. The molecule has 0 unspecified atom stereocenters. The molecule has 0 amide bonds. The van der Waals surface area contributed by atoms with Crippen LogP contribution in [0.2, 0.25) is 0 Å². The number of hydrogen-bond acceptors (Lipinski definition) is 3. The number of aromatic nitrogens is 1. The molecular weight excluding hydrogens is 370 g/mol. The van der Waals surface area contributed by atoms with Crippen LogP contribution in [0.3, 0.4) is 0 Å². The molecule has 2 aliphatic rings. The number of ether oxygens (including phenoxy) is 1. The molecule has 0 N–H and O–H groups in total. The van der Waals surface area contributed by atoms with Crippen molar-refractivity contribution in [1.29, 1.82) is 0 Å². The van der Waals surface area contributed by atoms with Gasteiger partial charge in [0.25, 0.3) is 0 Å². The number of benzene rings is 2. The lowest BCUT2D eigenvalue weighted by molar-refractivity contribution is 0.0877. The topological polar surface area (TPSA) is 39.2 Å². The molecule has 0 bridgehead atoms. The van der Waals surface area contributed by atoms with Gasteiger partial charge in [0.1, 0.15) is 11.4 Å². The lowest BCUT2D eigenvalue weighted by Gasteiger charge is -2.29. The van der Waals surface area contributed by atoms with E-state index in [2.05, 4.69) is 54.4 Å². The fourth-order valence-corrected chi connectivity index (χ4v) is 5.12. The van der Waals surface area contributed by atoms with Crippen molar-refractivity contribution in [2.24, 2.45) is 5.92 Å². The fraction of sp³-hybridized carbons (Fsp3) is 0.370. The molecule has 30 heavy (non-hydrogen) atoms. The van der Waals surface area contributed by atoms with E-state index in [-0.39, 0.29) is 11.7 Å². The maximum absolute atomic E-state index is 13.3. The van der Waals surface area contributed by atoms with Crippen molar-refractivity contribution in [2.75, 3.05) is 7.11 Å². The summed E-state index contributed by atoms with van der Waals surface area (Å²) in [7, 11) is 1.73. The van der Waals surface area contributed by atoms with Crippen LogP contribution < -0.4 is 4.74 Å². The highest BCUT2D eigenvalue weighted by Gasteiger charge is 2.34. The van der Waals surface area contributed by atoms with Crippen molar-refractivity contribution in [2.45, 2.75) is 50.4 Å². The van der Waals surface area contributed by atoms with Crippen LogP contribution in [-0.4, -0.2) is 17.9 Å². The quantitative estimate of drug-likeness (QED) is 0.463. The number of pyridine rings is 1. The summed E-state index contributed by atoms with van der Waals surface area (Å²) in [6.07, 6.45) is 6.28. The number of carbonyl (C=O) groups excluding carboxylic acids is 1. The van der Waals surface area contributed by atoms with Crippen LogP contribution in [-0.2, 0) is 0 Å². The number of hydrogen-bond donors (Lipinski definition) is 0. The van der Waals surface area contributed by atoms with Gasteiger partial charge in [0.05, 0.1) is 7.11 Å². The Morgan fingerprint density at radius 2 is 1.50 bits per heavy atom. The van der Waals surface area contributed by atoms with Crippen molar-refractivity contribution in [3.63, 3.8) is 0 Å². The Morgan fingerprint density at radius 3 is 2.20 bits per heavy atom. The smallest absolute Gasteiger partial charge is 0.184 e. The third-order valence-corrected chi connectivity index (χ3v) is 6.91. The second kappa shape index (κ2) is 7.86. The van der Waals surface area contributed by atoms with Gasteiger partial charge in [-0.15, -0.1) is 0 Å². The molecule has 2 fully saturated rings. The van der Waals surface area contributed by atoms with E-state index in [1.807, 2.05) is 6.07 Å². The zero-order chi connectivity index (χ0) is 20.7. The second-order valence-electron chi connectivity index (χ2n) is 8.83. The van der Waals surface area contributed by atoms with Gasteiger partial charge in [-0.05, 0) is 85.9 Å². The number of nitrogens with zero attached hydrogens (tertiary/aromatic N) is 1. The van der Waals surface area contributed by atoms with Crippen molar-refractivity contribution in [3.8, 4) is 5.75 Å². The Labute approximate surface area is 178 Å². The Balaban J connectivity index is 1.36. The molecule has 0 atom stereocenters. The van der Waals surface area contributed by atoms with Gasteiger partial charge in [-0.25, -0.2) is 4.98 Å². The summed E-state index contributed by atoms with van der Waals surface area (Å²) in [5, 5.41) is 2.44. The number of ketones is 1. The standard InChI is InChI=1S/C27H28NO2/c1-17-7-14-22(19-8-9-19)26(28-17)27(29)20-12-10-18(11-13-20)21-15-16-25(30-2)24-6-4-3-5-23(21)24/h3-7,14-16,18-20H,1,8-13H2,2H3. The summed E-state index contributed by atoms with van der Waals surface area (Å²) >= 11 is 0. The van der Waals surface area contributed by atoms with Gasteiger partial charge in [0.2, 0.25) is 0 Å². The van der Waals surface area contributed by atoms with Gasteiger partial charge in [-0.2, -0.15) is 0 Å². The lowest BCUT2D eigenvalue weighted by atomic mass is 9.75. The molecule has 3 nitrogen and oxygen atoms in total. The largest absolute Gasteiger partial charge is 0.496 e. The minimum absolute atomic E-state index is 0.0811. The van der Waals surface area contributed by atoms with Crippen molar-refractivity contribution in [3.05, 3.63) is 78.0 Å². The van der Waals surface area contributed by atoms with Crippen molar-refractivity contribution < 1.29 is 9.53 Å². The Morgan fingerprint density at radius 1 is 0.867 bits per heavy atom. The van der Waals surface area contributed by atoms with Crippen LogP contribution >= 0.6 is 0 Å². The van der Waals surface area contributed by atoms with E-state index >= 15 is 0 Å². The van der Waals surface area contributed by atoms with Crippen molar-refractivity contribution in [1.82, 2.24) is 4.98 Å². The Hall–Kier alpha value is -2.68. The van der Waals surface area contributed by atoms with Gasteiger partial charge in [0, 0.05) is 17.0 Å². The number of carbonyl (C=O) groups is 1. The molecule has 0 spiro atoms. The number of methoxy groups -OCH3 is 1.